The number of ether oxygens (including phenoxy) is 2. The molecule has 2 aliphatic heterocycles. The molecule has 1 fully saturated rings. The van der Waals surface area contributed by atoms with Crippen LogP contribution in [0.25, 0.3) is 0 Å². The van der Waals surface area contributed by atoms with Crippen LogP contribution < -0.4 is 5.32 Å². The first kappa shape index (κ1) is 27.1. The molecule has 0 bridgehead atoms. The maximum absolute atomic E-state index is 13.2. The second-order valence-corrected chi connectivity index (χ2v) is 12.6. The third kappa shape index (κ3) is 5.51. The zero-order valence-corrected chi connectivity index (χ0v) is 22.9. The normalized spacial score (nSPS) is 20.2. The molecule has 2 unspecified atom stereocenters. The van der Waals surface area contributed by atoms with Gasteiger partial charge in [-0.25, -0.2) is 18.0 Å². The van der Waals surface area contributed by atoms with Crippen LogP contribution >= 0.6 is 11.3 Å². The molecule has 37 heavy (non-hydrogen) atoms. The first-order chi connectivity index (χ1) is 17.5. The van der Waals surface area contributed by atoms with Crippen LogP contribution in [-0.4, -0.2) is 69.4 Å². The van der Waals surface area contributed by atoms with Crippen LogP contribution in [-0.2, 0) is 32.5 Å². The molecule has 0 aliphatic carbocycles. The number of anilines is 1. The summed E-state index contributed by atoms with van der Waals surface area (Å²) in [5, 5.41) is 3.10. The SMILES string of the molecule is COC(=O)c1c(NC(=O)c2ccc(S(=O)(=O)N3CC(C)CC(C)C3)cc2)sc2c1CCN(C(=O)OC)C2. The van der Waals surface area contributed by atoms with Crippen LogP contribution in [0.1, 0.15) is 51.4 Å². The highest BCUT2D eigenvalue weighted by molar-refractivity contribution is 7.89. The molecule has 2 atom stereocenters. The van der Waals surface area contributed by atoms with Crippen molar-refractivity contribution in [2.45, 2.75) is 38.1 Å². The van der Waals surface area contributed by atoms with Gasteiger partial charge in [-0.1, -0.05) is 13.8 Å². The minimum Gasteiger partial charge on any atom is -0.465 e. The number of nitrogens with zero attached hydrogens (tertiary/aromatic N) is 2. The maximum Gasteiger partial charge on any atom is 0.409 e. The average Bonchev–Trinajstić information content (AvgIpc) is 3.24. The molecule has 3 heterocycles. The highest BCUT2D eigenvalue weighted by atomic mass is 32.2. The Morgan fingerprint density at radius 3 is 2.27 bits per heavy atom. The lowest BCUT2D eigenvalue weighted by molar-refractivity contribution is 0.0600. The summed E-state index contributed by atoms with van der Waals surface area (Å²) >= 11 is 1.20. The van der Waals surface area contributed by atoms with Gasteiger partial charge >= 0.3 is 12.1 Å². The molecule has 1 N–H and O–H groups in total. The van der Waals surface area contributed by atoms with E-state index in [2.05, 4.69) is 5.32 Å². The van der Waals surface area contributed by atoms with Gasteiger partial charge in [0.2, 0.25) is 10.0 Å². The number of carbonyl (C=O) groups excluding carboxylic acids is 3. The van der Waals surface area contributed by atoms with Crippen molar-refractivity contribution < 1.29 is 32.3 Å². The van der Waals surface area contributed by atoms with Crippen molar-refractivity contribution in [2.75, 3.05) is 39.2 Å². The predicted molar refractivity (Wildman–Crippen MR) is 138 cm³/mol. The smallest absolute Gasteiger partial charge is 0.409 e. The fourth-order valence-electron chi connectivity index (χ4n) is 5.00. The van der Waals surface area contributed by atoms with E-state index in [4.69, 9.17) is 9.47 Å². The Morgan fingerprint density at radius 2 is 1.68 bits per heavy atom. The van der Waals surface area contributed by atoms with Crippen LogP contribution in [0, 0.1) is 11.8 Å². The van der Waals surface area contributed by atoms with Gasteiger partial charge in [-0.05, 0) is 54.5 Å². The van der Waals surface area contributed by atoms with Crippen molar-refractivity contribution in [3.05, 3.63) is 45.8 Å². The standard InChI is InChI=1S/C25H31N3O7S2/c1-15-11-16(2)13-28(12-15)37(32,33)18-7-5-17(6-8-18)22(29)26-23-21(24(30)34-3)19-9-10-27(25(31)35-4)14-20(19)36-23/h5-8,15-16H,9-14H2,1-4H3,(H,26,29). The quantitative estimate of drug-likeness (QED) is 0.566. The molecular weight excluding hydrogens is 518 g/mol. The number of piperidine rings is 1. The molecule has 1 aromatic heterocycles. The molecule has 2 aromatic rings. The van der Waals surface area contributed by atoms with E-state index in [0.717, 1.165) is 16.9 Å². The Hall–Kier alpha value is -2.96. The number of nitrogens with one attached hydrogen (secondary N) is 1. The maximum atomic E-state index is 13.2. The predicted octanol–water partition coefficient (Wildman–Crippen LogP) is 3.58. The molecular formula is C25H31N3O7S2. The molecule has 0 spiro atoms. The first-order valence-corrected chi connectivity index (χ1v) is 14.3. The molecule has 1 saturated heterocycles. The lowest BCUT2D eigenvalue weighted by Crippen LogP contribution is -2.42. The van der Waals surface area contributed by atoms with Gasteiger partial charge in [-0.2, -0.15) is 4.31 Å². The molecule has 2 amide bonds. The minimum atomic E-state index is -3.67. The fraction of sp³-hybridized carbons (Fsp3) is 0.480. The largest absolute Gasteiger partial charge is 0.465 e. The van der Waals surface area contributed by atoms with Crippen molar-refractivity contribution in [3.8, 4) is 0 Å². The van der Waals surface area contributed by atoms with Crippen molar-refractivity contribution in [2.24, 2.45) is 11.8 Å². The number of thiophene rings is 1. The van der Waals surface area contributed by atoms with E-state index in [0.29, 0.717) is 31.1 Å². The lowest BCUT2D eigenvalue weighted by atomic mass is 9.94. The zero-order chi connectivity index (χ0) is 26.9. The molecule has 0 saturated carbocycles. The highest BCUT2D eigenvalue weighted by Crippen LogP contribution is 2.38. The van der Waals surface area contributed by atoms with E-state index in [-0.39, 0.29) is 34.4 Å². The summed E-state index contributed by atoms with van der Waals surface area (Å²) in [4.78, 5) is 40.0. The molecule has 4 rings (SSSR count). The molecule has 10 nitrogen and oxygen atoms in total. The molecule has 200 valence electrons. The van der Waals surface area contributed by atoms with Crippen molar-refractivity contribution in [1.82, 2.24) is 9.21 Å². The van der Waals surface area contributed by atoms with Crippen molar-refractivity contribution in [3.63, 3.8) is 0 Å². The van der Waals surface area contributed by atoms with E-state index in [9.17, 15) is 22.8 Å². The van der Waals surface area contributed by atoms with Gasteiger partial charge < -0.3 is 19.7 Å². The van der Waals surface area contributed by atoms with Crippen molar-refractivity contribution in [1.29, 1.82) is 0 Å². The number of esters is 1. The minimum absolute atomic E-state index is 0.134. The number of rotatable bonds is 5. The first-order valence-electron chi connectivity index (χ1n) is 12.0. The van der Waals surface area contributed by atoms with Crippen LogP contribution in [0.4, 0.5) is 9.80 Å². The Bertz CT molecular complexity index is 1290. The molecule has 0 radical (unpaired) electrons. The van der Waals surface area contributed by atoms with Crippen LogP contribution in [0.2, 0.25) is 0 Å². The molecule has 1 aromatic carbocycles. The third-order valence-corrected chi connectivity index (χ3v) is 9.67. The van der Waals surface area contributed by atoms with Gasteiger partial charge in [0.1, 0.15) is 5.00 Å². The fourth-order valence-corrected chi connectivity index (χ4v) is 7.93. The number of methoxy groups -OCH3 is 2. The Morgan fingerprint density at radius 1 is 1.03 bits per heavy atom. The highest BCUT2D eigenvalue weighted by Gasteiger charge is 2.33. The number of amides is 2. The van der Waals surface area contributed by atoms with Crippen molar-refractivity contribution >= 4 is 44.3 Å². The molecule has 12 heteroatoms. The van der Waals surface area contributed by atoms with Gasteiger partial charge in [-0.15, -0.1) is 11.3 Å². The zero-order valence-electron chi connectivity index (χ0n) is 21.3. The van der Waals surface area contributed by atoms with Gasteiger partial charge in [0.25, 0.3) is 5.91 Å². The Labute approximate surface area is 220 Å². The lowest BCUT2D eigenvalue weighted by Gasteiger charge is -2.34. The number of fused-ring (bicyclic) bond motifs is 1. The summed E-state index contributed by atoms with van der Waals surface area (Å²) in [6, 6.07) is 5.79. The Balaban J connectivity index is 1.55. The summed E-state index contributed by atoms with van der Waals surface area (Å²) in [5.41, 5.74) is 1.25. The van der Waals surface area contributed by atoms with E-state index in [1.54, 1.807) is 0 Å². The van der Waals surface area contributed by atoms with E-state index in [1.807, 2.05) is 13.8 Å². The van der Waals surface area contributed by atoms with Gasteiger partial charge in [-0.3, -0.25) is 4.79 Å². The van der Waals surface area contributed by atoms with Crippen LogP contribution in [0.5, 0.6) is 0 Å². The summed E-state index contributed by atoms with van der Waals surface area (Å²) in [5.74, 6) is -0.503. The number of hydrogen-bond acceptors (Lipinski definition) is 8. The summed E-state index contributed by atoms with van der Waals surface area (Å²) in [7, 11) is -1.09. The monoisotopic (exact) mass is 549 g/mol. The Kier molecular flexibility index (Phi) is 7.91. The summed E-state index contributed by atoms with van der Waals surface area (Å²) < 4.78 is 37.6. The van der Waals surface area contributed by atoms with Crippen LogP contribution in [0.3, 0.4) is 0 Å². The number of benzene rings is 1. The van der Waals surface area contributed by atoms with Gasteiger partial charge in [0.05, 0.1) is 31.2 Å². The van der Waals surface area contributed by atoms with E-state index >= 15 is 0 Å². The van der Waals surface area contributed by atoms with E-state index in [1.165, 1.54) is 59.0 Å². The topological polar surface area (TPSA) is 122 Å². The summed E-state index contributed by atoms with van der Waals surface area (Å²) in [6.07, 6.45) is 0.945. The number of hydrogen-bond donors (Lipinski definition) is 1. The molecule has 2 aliphatic rings. The third-order valence-electron chi connectivity index (χ3n) is 6.70. The summed E-state index contributed by atoms with van der Waals surface area (Å²) in [6.45, 7) is 5.67. The number of carbonyl (C=O) groups is 3. The number of sulfonamides is 1. The average molecular weight is 550 g/mol. The second-order valence-electron chi connectivity index (χ2n) is 9.59. The van der Waals surface area contributed by atoms with Gasteiger partial charge in [0, 0.05) is 30.1 Å². The van der Waals surface area contributed by atoms with Crippen LogP contribution in [0.15, 0.2) is 29.2 Å². The van der Waals surface area contributed by atoms with E-state index < -0.39 is 28.0 Å². The van der Waals surface area contributed by atoms with Gasteiger partial charge in [0.15, 0.2) is 0 Å². The second kappa shape index (κ2) is 10.8.